The molecule has 10 aromatic carbocycles. The minimum absolute atomic E-state index is 1.11. The zero-order valence-electron chi connectivity index (χ0n) is 30.3. The summed E-state index contributed by atoms with van der Waals surface area (Å²) in [6.07, 6.45) is 0. The first kappa shape index (κ1) is 32.4. The van der Waals surface area contributed by atoms with Gasteiger partial charge in [-0.3, -0.25) is 0 Å². The molecule has 0 bridgehead atoms. The number of para-hydroxylation sites is 3. The zero-order valence-corrected chi connectivity index (χ0v) is 30.3. The van der Waals surface area contributed by atoms with E-state index in [1.165, 1.54) is 71.3 Å². The van der Waals surface area contributed by atoms with Crippen molar-refractivity contribution >= 4 is 49.4 Å². The van der Waals surface area contributed by atoms with Gasteiger partial charge in [-0.05, 0) is 78.3 Å². The van der Waals surface area contributed by atoms with Gasteiger partial charge in [-0.25, -0.2) is 0 Å². The van der Waals surface area contributed by atoms with Gasteiger partial charge in [0, 0.05) is 16.7 Å². The van der Waals surface area contributed by atoms with Crippen LogP contribution in [0, 0.1) is 0 Å². The molecular formula is C54H37N. The molecule has 55 heavy (non-hydrogen) atoms. The minimum Gasteiger partial charge on any atom is -0.309 e. The molecule has 0 atom stereocenters. The van der Waals surface area contributed by atoms with E-state index < -0.39 is 0 Å². The van der Waals surface area contributed by atoms with Crippen molar-refractivity contribution in [3.8, 4) is 44.5 Å². The lowest BCUT2D eigenvalue weighted by molar-refractivity contribution is 1.29. The molecule has 0 saturated heterocycles. The second-order valence-corrected chi connectivity index (χ2v) is 14.0. The van der Waals surface area contributed by atoms with Crippen molar-refractivity contribution in [2.45, 2.75) is 0 Å². The molecule has 0 unspecified atom stereocenters. The maximum absolute atomic E-state index is 2.51. The highest BCUT2D eigenvalue weighted by atomic mass is 15.1. The molecule has 10 aromatic rings. The summed E-state index contributed by atoms with van der Waals surface area (Å²) in [5, 5.41) is 7.37. The highest BCUT2D eigenvalue weighted by molar-refractivity contribution is 6.11. The van der Waals surface area contributed by atoms with E-state index in [1.54, 1.807) is 0 Å². The fourth-order valence-electron chi connectivity index (χ4n) is 8.42. The van der Waals surface area contributed by atoms with Crippen LogP contribution >= 0.6 is 0 Å². The molecular weight excluding hydrogens is 663 g/mol. The molecule has 0 spiro atoms. The van der Waals surface area contributed by atoms with E-state index in [0.29, 0.717) is 0 Å². The van der Waals surface area contributed by atoms with Gasteiger partial charge in [-0.2, -0.15) is 0 Å². The Morgan fingerprint density at radius 2 is 0.564 bits per heavy atom. The van der Waals surface area contributed by atoms with Crippen LogP contribution in [0.5, 0.6) is 0 Å². The molecule has 0 radical (unpaired) electrons. The van der Waals surface area contributed by atoms with E-state index in [2.05, 4.69) is 229 Å². The fraction of sp³-hybridized carbons (Fsp3) is 0. The van der Waals surface area contributed by atoms with Gasteiger partial charge in [-0.1, -0.05) is 206 Å². The Kier molecular flexibility index (Phi) is 8.24. The van der Waals surface area contributed by atoms with E-state index in [9.17, 15) is 0 Å². The van der Waals surface area contributed by atoms with Gasteiger partial charge < -0.3 is 4.90 Å². The summed E-state index contributed by atoms with van der Waals surface area (Å²) < 4.78 is 0. The third kappa shape index (κ3) is 5.75. The Balaban J connectivity index is 1.30. The molecule has 258 valence electrons. The summed E-state index contributed by atoms with van der Waals surface area (Å²) in [4.78, 5) is 2.51. The Labute approximate surface area is 322 Å². The third-order valence-corrected chi connectivity index (χ3v) is 10.9. The molecule has 0 aliphatic rings. The predicted octanol–water partition coefficient (Wildman–Crippen LogP) is 15.3. The largest absolute Gasteiger partial charge is 0.309 e. The molecule has 0 aliphatic heterocycles. The molecule has 1 nitrogen and oxygen atoms in total. The Hall–Kier alpha value is -7.22. The van der Waals surface area contributed by atoms with Crippen LogP contribution in [0.15, 0.2) is 224 Å². The van der Waals surface area contributed by atoms with E-state index in [0.717, 1.165) is 22.6 Å². The normalized spacial score (nSPS) is 11.3. The van der Waals surface area contributed by atoms with E-state index >= 15 is 0 Å². The molecule has 0 aromatic heterocycles. The Morgan fingerprint density at radius 1 is 0.218 bits per heavy atom. The van der Waals surface area contributed by atoms with Crippen LogP contribution in [0.3, 0.4) is 0 Å². The van der Waals surface area contributed by atoms with Gasteiger partial charge in [-0.15, -0.1) is 0 Å². The van der Waals surface area contributed by atoms with Crippen LogP contribution in [0.1, 0.15) is 0 Å². The van der Waals surface area contributed by atoms with Gasteiger partial charge >= 0.3 is 0 Å². The fourth-order valence-corrected chi connectivity index (χ4v) is 8.42. The second kappa shape index (κ2) is 14.0. The molecule has 1 heteroatoms. The third-order valence-electron chi connectivity index (χ3n) is 10.9. The molecule has 0 N–H and O–H groups in total. The lowest BCUT2D eigenvalue weighted by Gasteiger charge is -2.32. The first-order chi connectivity index (χ1) is 27.3. The summed E-state index contributed by atoms with van der Waals surface area (Å²) in [6.45, 7) is 0. The Morgan fingerprint density at radius 3 is 1.09 bits per heavy atom. The number of hydrogen-bond donors (Lipinski definition) is 0. The van der Waals surface area contributed by atoms with Crippen molar-refractivity contribution < 1.29 is 0 Å². The average Bonchev–Trinajstić information content (AvgIpc) is 3.26. The average molecular weight is 700 g/mol. The second-order valence-electron chi connectivity index (χ2n) is 14.0. The van der Waals surface area contributed by atoms with Crippen LogP contribution in [0.4, 0.5) is 17.1 Å². The SMILES string of the molecule is c1ccc(-c2cccc3cccc(-c4ccccc4N(c4ccccc4-c4cccc5ccccc45)c4ccccc4-c4cccc5ccccc45)c23)cc1. The highest BCUT2D eigenvalue weighted by Gasteiger charge is 2.25. The first-order valence-electron chi connectivity index (χ1n) is 18.9. The van der Waals surface area contributed by atoms with E-state index in [1.807, 2.05) is 0 Å². The number of rotatable bonds is 7. The smallest absolute Gasteiger partial charge is 0.0540 e. The summed E-state index contributed by atoms with van der Waals surface area (Å²) in [6, 6.07) is 81.6. The van der Waals surface area contributed by atoms with Crippen molar-refractivity contribution in [2.24, 2.45) is 0 Å². The lowest BCUT2D eigenvalue weighted by Crippen LogP contribution is -2.13. The number of fused-ring (bicyclic) bond motifs is 3. The predicted molar refractivity (Wildman–Crippen MR) is 235 cm³/mol. The van der Waals surface area contributed by atoms with E-state index in [-0.39, 0.29) is 0 Å². The highest BCUT2D eigenvalue weighted by Crippen LogP contribution is 2.50. The van der Waals surface area contributed by atoms with Gasteiger partial charge in [0.05, 0.1) is 17.1 Å². The number of hydrogen-bond acceptors (Lipinski definition) is 1. The summed E-state index contributed by atoms with van der Waals surface area (Å²) in [5.41, 5.74) is 12.9. The summed E-state index contributed by atoms with van der Waals surface area (Å²) >= 11 is 0. The molecule has 0 aliphatic carbocycles. The van der Waals surface area contributed by atoms with Gasteiger partial charge in [0.25, 0.3) is 0 Å². The first-order valence-corrected chi connectivity index (χ1v) is 18.9. The Bertz CT molecular complexity index is 2860. The zero-order chi connectivity index (χ0) is 36.6. The van der Waals surface area contributed by atoms with Crippen LogP contribution in [-0.2, 0) is 0 Å². The number of benzene rings is 10. The maximum atomic E-state index is 2.51. The number of nitrogens with zero attached hydrogens (tertiary/aromatic N) is 1. The maximum Gasteiger partial charge on any atom is 0.0540 e. The van der Waals surface area contributed by atoms with Gasteiger partial charge in [0.2, 0.25) is 0 Å². The molecule has 0 amide bonds. The van der Waals surface area contributed by atoms with Crippen molar-refractivity contribution in [1.82, 2.24) is 0 Å². The van der Waals surface area contributed by atoms with Crippen molar-refractivity contribution in [1.29, 1.82) is 0 Å². The molecule has 0 saturated carbocycles. The summed E-state index contributed by atoms with van der Waals surface area (Å²) in [7, 11) is 0. The van der Waals surface area contributed by atoms with Crippen LogP contribution in [0.2, 0.25) is 0 Å². The van der Waals surface area contributed by atoms with Gasteiger partial charge in [0.15, 0.2) is 0 Å². The monoisotopic (exact) mass is 699 g/mol. The van der Waals surface area contributed by atoms with Crippen LogP contribution in [-0.4, -0.2) is 0 Å². The van der Waals surface area contributed by atoms with Crippen molar-refractivity contribution in [3.05, 3.63) is 224 Å². The van der Waals surface area contributed by atoms with Crippen LogP contribution in [0.25, 0.3) is 76.8 Å². The standard InChI is InChI=1S/C54H37N/c1-2-18-40(19-3-1)44-31-16-24-41-25-17-34-50(54(41)44)49-30-10-13-37-53(49)55(51-35-11-8-28-47(51)45-32-14-22-38-20-4-6-26-42(38)45)52-36-12-9-29-48(52)46-33-15-23-39-21-5-7-27-43(39)46/h1-37H. The topological polar surface area (TPSA) is 3.24 Å². The minimum atomic E-state index is 1.11. The molecule has 0 heterocycles. The van der Waals surface area contributed by atoms with Crippen molar-refractivity contribution in [2.75, 3.05) is 4.90 Å². The number of anilines is 3. The van der Waals surface area contributed by atoms with Gasteiger partial charge in [0.1, 0.15) is 0 Å². The molecule has 10 rings (SSSR count). The lowest BCUT2D eigenvalue weighted by atomic mass is 9.90. The van der Waals surface area contributed by atoms with E-state index in [4.69, 9.17) is 0 Å². The summed E-state index contributed by atoms with van der Waals surface area (Å²) in [5.74, 6) is 0. The van der Waals surface area contributed by atoms with Crippen LogP contribution < -0.4 is 4.90 Å². The van der Waals surface area contributed by atoms with Crippen molar-refractivity contribution in [3.63, 3.8) is 0 Å². The molecule has 0 fully saturated rings. The quantitative estimate of drug-likeness (QED) is 0.160.